The summed E-state index contributed by atoms with van der Waals surface area (Å²) in [6.45, 7) is 2.69. The summed E-state index contributed by atoms with van der Waals surface area (Å²) in [4.78, 5) is 14.3. The number of rotatable bonds is 2. The van der Waals surface area contributed by atoms with Crippen LogP contribution in [0, 0.1) is 0 Å². The number of hydrogen-bond acceptors (Lipinski definition) is 3. The second-order valence-electron chi connectivity index (χ2n) is 5.39. The number of aliphatic hydroxyl groups excluding tert-OH is 1. The fraction of sp³-hybridized carbons (Fsp3) is 0.533. The van der Waals surface area contributed by atoms with Crippen LogP contribution in [0.25, 0.3) is 0 Å². The molecule has 0 aliphatic carbocycles. The first kappa shape index (κ1) is 12.6. The Morgan fingerprint density at radius 3 is 3.16 bits per heavy atom. The lowest BCUT2D eigenvalue weighted by Crippen LogP contribution is -2.37. The average Bonchev–Trinajstić information content (AvgIpc) is 2.94. The van der Waals surface area contributed by atoms with Crippen LogP contribution in [0.4, 0.5) is 0 Å². The number of nitrogens with zero attached hydrogens (tertiary/aromatic N) is 1. The molecule has 1 amide bonds. The Labute approximate surface area is 113 Å². The van der Waals surface area contributed by atoms with Crippen molar-refractivity contribution in [3.63, 3.8) is 0 Å². The third-order valence-corrected chi connectivity index (χ3v) is 4.19. The van der Waals surface area contributed by atoms with E-state index in [1.54, 1.807) is 0 Å². The SMILES string of the molecule is O=C(c1ccc2c(c1)CNCC2)N1CCC[C@@H]1CO. The quantitative estimate of drug-likeness (QED) is 0.831. The number of carbonyl (C=O) groups is 1. The van der Waals surface area contributed by atoms with Crippen LogP contribution in [-0.4, -0.2) is 41.7 Å². The van der Waals surface area contributed by atoms with E-state index in [9.17, 15) is 9.90 Å². The number of carbonyl (C=O) groups excluding carboxylic acids is 1. The molecule has 1 fully saturated rings. The summed E-state index contributed by atoms with van der Waals surface area (Å²) in [5.41, 5.74) is 3.33. The molecule has 1 aromatic carbocycles. The molecule has 1 aromatic rings. The molecule has 2 heterocycles. The van der Waals surface area contributed by atoms with E-state index in [1.165, 1.54) is 11.1 Å². The number of amides is 1. The lowest BCUT2D eigenvalue weighted by atomic mass is 9.98. The lowest BCUT2D eigenvalue weighted by molar-refractivity contribution is 0.0677. The predicted octanol–water partition coefficient (Wildman–Crippen LogP) is 0.929. The number of benzene rings is 1. The van der Waals surface area contributed by atoms with Crippen LogP contribution in [0.5, 0.6) is 0 Å². The summed E-state index contributed by atoms with van der Waals surface area (Å²) in [6.07, 6.45) is 2.94. The molecule has 2 aliphatic heterocycles. The number of nitrogens with one attached hydrogen (secondary N) is 1. The highest BCUT2D eigenvalue weighted by molar-refractivity contribution is 5.95. The van der Waals surface area contributed by atoms with Gasteiger partial charge in [-0.05, 0) is 49.1 Å². The minimum absolute atomic E-state index is 0.00153. The fourth-order valence-corrected chi connectivity index (χ4v) is 3.07. The van der Waals surface area contributed by atoms with Crippen molar-refractivity contribution in [2.24, 2.45) is 0 Å². The zero-order valence-electron chi connectivity index (χ0n) is 11.1. The number of fused-ring (bicyclic) bond motifs is 1. The van der Waals surface area contributed by atoms with Gasteiger partial charge in [0.25, 0.3) is 5.91 Å². The van der Waals surface area contributed by atoms with Crippen molar-refractivity contribution in [2.45, 2.75) is 31.8 Å². The Hall–Kier alpha value is -1.39. The van der Waals surface area contributed by atoms with Gasteiger partial charge in [-0.3, -0.25) is 4.79 Å². The van der Waals surface area contributed by atoms with Gasteiger partial charge in [0.05, 0.1) is 12.6 Å². The predicted molar refractivity (Wildman–Crippen MR) is 73.0 cm³/mol. The van der Waals surface area contributed by atoms with Crippen LogP contribution in [-0.2, 0) is 13.0 Å². The van der Waals surface area contributed by atoms with Crippen molar-refractivity contribution in [1.29, 1.82) is 0 Å². The van der Waals surface area contributed by atoms with Crippen molar-refractivity contribution >= 4 is 5.91 Å². The Kier molecular flexibility index (Phi) is 3.53. The number of hydrogen-bond donors (Lipinski definition) is 2. The molecule has 3 rings (SSSR count). The first-order valence-corrected chi connectivity index (χ1v) is 7.04. The van der Waals surface area contributed by atoms with Gasteiger partial charge in [0.2, 0.25) is 0 Å². The van der Waals surface area contributed by atoms with E-state index >= 15 is 0 Å². The maximum Gasteiger partial charge on any atom is 0.254 e. The second kappa shape index (κ2) is 5.31. The van der Waals surface area contributed by atoms with Crippen LogP contribution in [0.1, 0.15) is 34.3 Å². The summed E-state index contributed by atoms with van der Waals surface area (Å²) < 4.78 is 0. The number of likely N-dealkylation sites (tertiary alicyclic amines) is 1. The maximum absolute atomic E-state index is 12.5. The molecule has 4 nitrogen and oxygen atoms in total. The summed E-state index contributed by atoms with van der Waals surface area (Å²) in [6, 6.07) is 6.02. The van der Waals surface area contributed by atoms with E-state index in [0.29, 0.717) is 0 Å². The first-order valence-electron chi connectivity index (χ1n) is 7.04. The van der Waals surface area contributed by atoms with Gasteiger partial charge in [-0.1, -0.05) is 6.07 Å². The molecule has 4 heteroatoms. The second-order valence-corrected chi connectivity index (χ2v) is 5.39. The summed E-state index contributed by atoms with van der Waals surface area (Å²) in [5, 5.41) is 12.7. The number of aliphatic hydroxyl groups is 1. The van der Waals surface area contributed by atoms with Crippen LogP contribution in [0.3, 0.4) is 0 Å². The molecular weight excluding hydrogens is 240 g/mol. The molecule has 0 saturated carbocycles. The summed E-state index contributed by atoms with van der Waals surface area (Å²) >= 11 is 0. The summed E-state index contributed by atoms with van der Waals surface area (Å²) in [7, 11) is 0. The third kappa shape index (κ3) is 2.38. The Bertz CT molecular complexity index is 487. The van der Waals surface area contributed by atoms with Crippen LogP contribution < -0.4 is 5.32 Å². The van der Waals surface area contributed by atoms with Crippen molar-refractivity contribution in [3.8, 4) is 0 Å². The normalized spacial score (nSPS) is 22.4. The fourth-order valence-electron chi connectivity index (χ4n) is 3.07. The van der Waals surface area contributed by atoms with Crippen molar-refractivity contribution < 1.29 is 9.90 Å². The highest BCUT2D eigenvalue weighted by atomic mass is 16.3. The van der Waals surface area contributed by atoms with E-state index in [1.807, 2.05) is 17.0 Å². The molecule has 0 bridgehead atoms. The molecule has 1 atom stereocenters. The smallest absolute Gasteiger partial charge is 0.254 e. The van der Waals surface area contributed by atoms with Gasteiger partial charge >= 0.3 is 0 Å². The van der Waals surface area contributed by atoms with Crippen LogP contribution in [0.2, 0.25) is 0 Å². The largest absolute Gasteiger partial charge is 0.394 e. The minimum atomic E-state index is 0.00153. The monoisotopic (exact) mass is 260 g/mol. The van der Waals surface area contributed by atoms with Gasteiger partial charge in [0, 0.05) is 18.7 Å². The molecular formula is C15H20N2O2. The van der Waals surface area contributed by atoms with Crippen LogP contribution >= 0.6 is 0 Å². The molecule has 0 unspecified atom stereocenters. The molecule has 0 aromatic heterocycles. The summed E-state index contributed by atoms with van der Waals surface area (Å²) in [5.74, 6) is 0.0601. The molecule has 2 aliphatic rings. The van der Waals surface area contributed by atoms with Crippen molar-refractivity contribution in [2.75, 3.05) is 19.7 Å². The zero-order chi connectivity index (χ0) is 13.2. The average molecular weight is 260 g/mol. The van der Waals surface area contributed by atoms with E-state index < -0.39 is 0 Å². The van der Waals surface area contributed by atoms with Gasteiger partial charge in [-0.2, -0.15) is 0 Å². The molecule has 0 radical (unpaired) electrons. The van der Waals surface area contributed by atoms with Crippen LogP contribution in [0.15, 0.2) is 18.2 Å². The highest BCUT2D eigenvalue weighted by Gasteiger charge is 2.29. The first-order chi connectivity index (χ1) is 9.29. The Morgan fingerprint density at radius 2 is 2.32 bits per heavy atom. The third-order valence-electron chi connectivity index (χ3n) is 4.19. The van der Waals surface area contributed by atoms with Gasteiger partial charge < -0.3 is 15.3 Å². The Morgan fingerprint density at radius 1 is 1.42 bits per heavy atom. The minimum Gasteiger partial charge on any atom is -0.394 e. The van der Waals surface area contributed by atoms with E-state index in [2.05, 4.69) is 11.4 Å². The van der Waals surface area contributed by atoms with Gasteiger partial charge in [-0.15, -0.1) is 0 Å². The van der Waals surface area contributed by atoms with Gasteiger partial charge in [0.15, 0.2) is 0 Å². The standard InChI is InChI=1S/C15H20N2O2/c18-10-14-2-1-7-17(14)15(19)12-4-3-11-5-6-16-9-13(11)8-12/h3-4,8,14,16,18H,1-2,5-7,9-10H2/t14-/m1/s1. The zero-order valence-corrected chi connectivity index (χ0v) is 11.1. The molecule has 1 saturated heterocycles. The van der Waals surface area contributed by atoms with Crippen molar-refractivity contribution in [1.82, 2.24) is 10.2 Å². The molecule has 19 heavy (non-hydrogen) atoms. The molecule has 2 N–H and O–H groups in total. The van der Waals surface area contributed by atoms with Gasteiger partial charge in [0.1, 0.15) is 0 Å². The Balaban J connectivity index is 1.83. The van der Waals surface area contributed by atoms with Gasteiger partial charge in [-0.25, -0.2) is 0 Å². The lowest BCUT2D eigenvalue weighted by Gasteiger charge is -2.24. The maximum atomic E-state index is 12.5. The topological polar surface area (TPSA) is 52.6 Å². The highest BCUT2D eigenvalue weighted by Crippen LogP contribution is 2.22. The van der Waals surface area contributed by atoms with E-state index in [-0.39, 0.29) is 18.6 Å². The molecule has 0 spiro atoms. The molecule has 102 valence electrons. The van der Waals surface area contributed by atoms with E-state index in [4.69, 9.17) is 0 Å². The van der Waals surface area contributed by atoms with Crippen molar-refractivity contribution in [3.05, 3.63) is 34.9 Å². The van der Waals surface area contributed by atoms with E-state index in [0.717, 1.165) is 44.5 Å².